The molecule has 1 aliphatic heterocycles. The van der Waals surface area contributed by atoms with Gasteiger partial charge >= 0.3 is 12.3 Å². The lowest BCUT2D eigenvalue weighted by molar-refractivity contribution is -0.388. The van der Waals surface area contributed by atoms with E-state index in [-0.39, 0.29) is 18.3 Å². The van der Waals surface area contributed by atoms with Crippen LogP contribution in [0.3, 0.4) is 0 Å². The number of anilines is 1. The van der Waals surface area contributed by atoms with Crippen LogP contribution in [0, 0.1) is 10.1 Å². The first-order chi connectivity index (χ1) is 11.9. The molecule has 1 aromatic rings. The quantitative estimate of drug-likeness (QED) is 0.637. The van der Waals surface area contributed by atoms with Gasteiger partial charge in [-0.2, -0.15) is 13.2 Å². The zero-order valence-corrected chi connectivity index (χ0v) is 14.6. The van der Waals surface area contributed by atoms with E-state index in [1.54, 1.807) is 20.8 Å². The number of rotatable bonds is 3. The smallest absolute Gasteiger partial charge is 0.423 e. The minimum Gasteiger partial charge on any atom is -0.444 e. The van der Waals surface area contributed by atoms with Gasteiger partial charge in [-0.3, -0.25) is 10.1 Å². The maximum atomic E-state index is 13.0. The molecule has 1 atom stereocenters. The van der Waals surface area contributed by atoms with E-state index in [0.29, 0.717) is 19.0 Å². The van der Waals surface area contributed by atoms with Crippen LogP contribution in [0.1, 0.15) is 32.8 Å². The van der Waals surface area contributed by atoms with Gasteiger partial charge in [-0.1, -0.05) is 0 Å². The Morgan fingerprint density at radius 1 is 1.35 bits per heavy atom. The molecule has 26 heavy (non-hydrogen) atoms. The van der Waals surface area contributed by atoms with E-state index < -0.39 is 34.0 Å². The predicted molar refractivity (Wildman–Crippen MR) is 87.9 cm³/mol. The SMILES string of the molecule is CC(C)(C)OC(=O)N1CC[C@H](Nc2ccc([N+](=O)[O-])c(C(F)(F)F)c2)C1. The summed E-state index contributed by atoms with van der Waals surface area (Å²) >= 11 is 0. The number of halogens is 3. The van der Waals surface area contributed by atoms with E-state index >= 15 is 0 Å². The number of benzene rings is 1. The molecular formula is C16H20F3N3O4. The average molecular weight is 375 g/mol. The summed E-state index contributed by atoms with van der Waals surface area (Å²) < 4.78 is 44.3. The van der Waals surface area contributed by atoms with Crippen molar-refractivity contribution in [2.75, 3.05) is 18.4 Å². The second-order valence-corrected chi connectivity index (χ2v) is 7.04. The van der Waals surface area contributed by atoms with Crippen molar-refractivity contribution >= 4 is 17.5 Å². The number of amides is 1. The molecule has 1 N–H and O–H groups in total. The van der Waals surface area contributed by atoms with Gasteiger partial charge in [0.05, 0.1) is 4.92 Å². The number of alkyl halides is 3. The van der Waals surface area contributed by atoms with Crippen molar-refractivity contribution in [1.82, 2.24) is 4.90 Å². The van der Waals surface area contributed by atoms with Crippen molar-refractivity contribution in [2.24, 2.45) is 0 Å². The number of carbonyl (C=O) groups is 1. The molecule has 0 bridgehead atoms. The van der Waals surface area contributed by atoms with Gasteiger partial charge in [0.1, 0.15) is 11.2 Å². The lowest BCUT2D eigenvalue weighted by atomic mass is 10.1. The Morgan fingerprint density at radius 3 is 2.54 bits per heavy atom. The van der Waals surface area contributed by atoms with E-state index in [0.717, 1.165) is 6.07 Å². The van der Waals surface area contributed by atoms with Crippen LogP contribution in [0.25, 0.3) is 0 Å². The molecule has 0 unspecified atom stereocenters. The summed E-state index contributed by atoms with van der Waals surface area (Å²) in [6.45, 7) is 5.91. The van der Waals surface area contributed by atoms with Crippen LogP contribution in [0.2, 0.25) is 0 Å². The summed E-state index contributed by atoms with van der Waals surface area (Å²) in [5.41, 5.74) is -2.83. The normalized spacial score (nSPS) is 17.9. The minimum absolute atomic E-state index is 0.110. The highest BCUT2D eigenvalue weighted by atomic mass is 19.4. The molecule has 10 heteroatoms. The van der Waals surface area contributed by atoms with Gasteiger partial charge in [-0.25, -0.2) is 4.79 Å². The molecule has 1 amide bonds. The molecule has 0 aliphatic carbocycles. The number of hydrogen-bond donors (Lipinski definition) is 1. The molecular weight excluding hydrogens is 355 g/mol. The third-order valence-corrected chi connectivity index (χ3v) is 3.71. The fourth-order valence-corrected chi connectivity index (χ4v) is 2.62. The summed E-state index contributed by atoms with van der Waals surface area (Å²) in [6.07, 6.45) is -4.79. The molecule has 0 spiro atoms. The van der Waals surface area contributed by atoms with Gasteiger partial charge in [-0.05, 0) is 39.3 Å². The monoisotopic (exact) mass is 375 g/mol. The Kier molecular flexibility index (Phi) is 5.33. The number of nitrogens with zero attached hydrogens (tertiary/aromatic N) is 2. The number of likely N-dealkylation sites (tertiary alicyclic amines) is 1. The summed E-state index contributed by atoms with van der Waals surface area (Å²) in [7, 11) is 0. The van der Waals surface area contributed by atoms with Crippen LogP contribution in [-0.4, -0.2) is 40.6 Å². The lowest BCUT2D eigenvalue weighted by Gasteiger charge is -2.24. The fraction of sp³-hybridized carbons (Fsp3) is 0.562. The average Bonchev–Trinajstić information content (AvgIpc) is 2.93. The van der Waals surface area contributed by atoms with Gasteiger partial charge in [-0.15, -0.1) is 0 Å². The second kappa shape index (κ2) is 7.00. The van der Waals surface area contributed by atoms with E-state index in [1.165, 1.54) is 11.0 Å². The Labute approximate surface area is 148 Å². The first-order valence-electron chi connectivity index (χ1n) is 7.97. The maximum Gasteiger partial charge on any atom is 0.423 e. The van der Waals surface area contributed by atoms with Crippen molar-refractivity contribution in [1.29, 1.82) is 0 Å². The molecule has 1 saturated heterocycles. The van der Waals surface area contributed by atoms with Gasteiger partial charge < -0.3 is 15.0 Å². The first kappa shape index (κ1) is 19.8. The van der Waals surface area contributed by atoms with E-state index in [1.807, 2.05) is 0 Å². The van der Waals surface area contributed by atoms with E-state index in [2.05, 4.69) is 5.32 Å². The summed E-state index contributed by atoms with van der Waals surface area (Å²) in [4.78, 5) is 23.2. The zero-order valence-electron chi connectivity index (χ0n) is 14.6. The predicted octanol–water partition coefficient (Wildman–Crippen LogP) is 4.03. The van der Waals surface area contributed by atoms with Crippen LogP contribution in [0.5, 0.6) is 0 Å². The number of nitro groups is 1. The van der Waals surface area contributed by atoms with Crippen molar-refractivity contribution in [3.05, 3.63) is 33.9 Å². The van der Waals surface area contributed by atoms with Crippen LogP contribution in [-0.2, 0) is 10.9 Å². The van der Waals surface area contributed by atoms with Gasteiger partial charge in [0.2, 0.25) is 0 Å². The standard InChI is InChI=1S/C16H20F3N3O4/c1-15(2,3)26-14(23)21-7-6-11(9-21)20-10-4-5-13(22(24)25)12(8-10)16(17,18)19/h4-5,8,11,20H,6-7,9H2,1-3H3/t11-/m0/s1. The molecule has 0 aromatic heterocycles. The van der Waals surface area contributed by atoms with Crippen LogP contribution < -0.4 is 5.32 Å². The highest BCUT2D eigenvalue weighted by Gasteiger charge is 2.38. The van der Waals surface area contributed by atoms with Gasteiger partial charge in [0.15, 0.2) is 0 Å². The van der Waals surface area contributed by atoms with Gasteiger partial charge in [0.25, 0.3) is 5.69 Å². The molecule has 0 radical (unpaired) electrons. The number of ether oxygens (including phenoxy) is 1. The number of nitrogens with one attached hydrogen (secondary N) is 1. The lowest BCUT2D eigenvalue weighted by Crippen LogP contribution is -2.36. The van der Waals surface area contributed by atoms with Crippen molar-refractivity contribution in [2.45, 2.75) is 45.0 Å². The van der Waals surface area contributed by atoms with E-state index in [9.17, 15) is 28.1 Å². The minimum atomic E-state index is -4.84. The largest absolute Gasteiger partial charge is 0.444 e. The fourth-order valence-electron chi connectivity index (χ4n) is 2.62. The molecule has 7 nitrogen and oxygen atoms in total. The molecule has 1 heterocycles. The van der Waals surface area contributed by atoms with Crippen molar-refractivity contribution < 1.29 is 27.6 Å². The number of hydrogen-bond acceptors (Lipinski definition) is 5. The Morgan fingerprint density at radius 2 is 2.00 bits per heavy atom. The van der Waals surface area contributed by atoms with E-state index in [4.69, 9.17) is 4.74 Å². The molecule has 1 aliphatic rings. The Balaban J connectivity index is 2.08. The van der Waals surface area contributed by atoms with Gasteiger partial charge in [0, 0.05) is 30.9 Å². The molecule has 0 saturated carbocycles. The maximum absolute atomic E-state index is 13.0. The Hall–Kier alpha value is -2.52. The van der Waals surface area contributed by atoms with Crippen LogP contribution >= 0.6 is 0 Å². The first-order valence-corrected chi connectivity index (χ1v) is 7.97. The van der Waals surface area contributed by atoms with Crippen LogP contribution in [0.15, 0.2) is 18.2 Å². The summed E-state index contributed by atoms with van der Waals surface area (Å²) in [5, 5.41) is 13.7. The van der Waals surface area contributed by atoms with Crippen LogP contribution in [0.4, 0.5) is 29.3 Å². The van der Waals surface area contributed by atoms with Crippen molar-refractivity contribution in [3.8, 4) is 0 Å². The third kappa shape index (κ3) is 4.99. The Bertz CT molecular complexity index is 701. The molecule has 2 rings (SSSR count). The highest BCUT2D eigenvalue weighted by Crippen LogP contribution is 2.37. The number of carbonyl (C=O) groups excluding carboxylic acids is 1. The molecule has 144 valence electrons. The zero-order chi connectivity index (χ0) is 19.7. The van der Waals surface area contributed by atoms with Crippen molar-refractivity contribution in [3.63, 3.8) is 0 Å². The topological polar surface area (TPSA) is 84.7 Å². The number of nitro benzene ring substituents is 1. The molecule has 1 fully saturated rings. The molecule has 1 aromatic carbocycles. The summed E-state index contributed by atoms with van der Waals surface area (Å²) in [5.74, 6) is 0. The second-order valence-electron chi connectivity index (χ2n) is 7.04. The summed E-state index contributed by atoms with van der Waals surface area (Å²) in [6, 6.07) is 2.49. The highest BCUT2D eigenvalue weighted by molar-refractivity contribution is 5.68. The third-order valence-electron chi connectivity index (χ3n) is 3.71.